The second-order valence-electron chi connectivity index (χ2n) is 6.33. The molecule has 24 heavy (non-hydrogen) atoms. The van der Waals surface area contributed by atoms with Gasteiger partial charge < -0.3 is 9.47 Å². The molecule has 5 heteroatoms. The van der Waals surface area contributed by atoms with Crippen LogP contribution in [0, 0.1) is 13.8 Å². The summed E-state index contributed by atoms with van der Waals surface area (Å²) in [5.41, 5.74) is 6.73. The van der Waals surface area contributed by atoms with Crippen LogP contribution in [0.5, 0.6) is 0 Å². The first-order chi connectivity index (χ1) is 11.2. The molecule has 0 amide bonds. The molecule has 0 atom stereocenters. The Morgan fingerprint density at radius 1 is 1.12 bits per heavy atom. The lowest BCUT2D eigenvalue weighted by Gasteiger charge is -2.30. The number of aryl methyl sites for hydroxylation is 2. The molecule has 0 saturated heterocycles. The Balaban J connectivity index is 0.00000169. The number of benzene rings is 1. The maximum Gasteiger partial charge on any atom is 0.176 e. The highest BCUT2D eigenvalue weighted by atomic mass is 35.5. The van der Waals surface area contributed by atoms with Gasteiger partial charge in [-0.3, -0.25) is 0 Å². The van der Waals surface area contributed by atoms with Crippen LogP contribution in [-0.4, -0.2) is 21.3 Å². The van der Waals surface area contributed by atoms with Gasteiger partial charge in [-0.05, 0) is 43.9 Å². The number of aromatic nitrogens is 3. The SMILES string of the molecule is CCn1c(C)c(C)c2cnnc(N3CCc4ccccc4C3)c21.Cl. The third-order valence-electron chi connectivity index (χ3n) is 5.17. The molecular weight excluding hydrogens is 320 g/mol. The zero-order chi connectivity index (χ0) is 16.0. The van der Waals surface area contributed by atoms with Gasteiger partial charge in [-0.25, -0.2) is 0 Å². The second kappa shape index (κ2) is 6.44. The van der Waals surface area contributed by atoms with Crippen LogP contribution >= 0.6 is 12.4 Å². The van der Waals surface area contributed by atoms with Crippen molar-refractivity contribution in [1.82, 2.24) is 14.8 Å². The monoisotopic (exact) mass is 342 g/mol. The first kappa shape index (κ1) is 16.8. The van der Waals surface area contributed by atoms with Crippen LogP contribution in [0.1, 0.15) is 29.3 Å². The van der Waals surface area contributed by atoms with E-state index in [1.807, 2.05) is 6.20 Å². The maximum absolute atomic E-state index is 4.52. The molecule has 0 fully saturated rings. The van der Waals surface area contributed by atoms with Crippen LogP contribution in [0.15, 0.2) is 30.5 Å². The van der Waals surface area contributed by atoms with Gasteiger partial charge in [0.25, 0.3) is 0 Å². The van der Waals surface area contributed by atoms with E-state index in [0.717, 1.165) is 31.9 Å². The fourth-order valence-corrected chi connectivity index (χ4v) is 3.76. The highest BCUT2D eigenvalue weighted by Crippen LogP contribution is 2.32. The Kier molecular flexibility index (Phi) is 4.50. The molecule has 0 N–H and O–H groups in total. The smallest absolute Gasteiger partial charge is 0.176 e. The van der Waals surface area contributed by atoms with E-state index in [1.165, 1.54) is 33.3 Å². The summed E-state index contributed by atoms with van der Waals surface area (Å²) in [5, 5.41) is 10.0. The Morgan fingerprint density at radius 2 is 1.88 bits per heavy atom. The molecular formula is C19H23ClN4. The summed E-state index contributed by atoms with van der Waals surface area (Å²) < 4.78 is 2.37. The van der Waals surface area contributed by atoms with Crippen LogP contribution in [-0.2, 0) is 19.5 Å². The van der Waals surface area contributed by atoms with Crippen LogP contribution in [0.3, 0.4) is 0 Å². The Morgan fingerprint density at radius 3 is 2.62 bits per heavy atom. The van der Waals surface area contributed by atoms with Crippen molar-refractivity contribution in [2.45, 2.75) is 40.3 Å². The second-order valence-corrected chi connectivity index (χ2v) is 6.33. The predicted octanol–water partition coefficient (Wildman–Crippen LogP) is 4.05. The number of rotatable bonds is 2. The molecule has 0 bridgehead atoms. The number of hydrogen-bond donors (Lipinski definition) is 0. The van der Waals surface area contributed by atoms with Gasteiger partial charge in [0.05, 0.1) is 11.7 Å². The summed E-state index contributed by atoms with van der Waals surface area (Å²) in [5.74, 6) is 1.02. The lowest BCUT2D eigenvalue weighted by Crippen LogP contribution is -2.31. The topological polar surface area (TPSA) is 34.0 Å². The molecule has 126 valence electrons. The zero-order valence-corrected chi connectivity index (χ0v) is 15.2. The molecule has 4 nitrogen and oxygen atoms in total. The van der Waals surface area contributed by atoms with Crippen molar-refractivity contribution >= 4 is 29.1 Å². The van der Waals surface area contributed by atoms with Crippen molar-refractivity contribution in [3.05, 3.63) is 52.8 Å². The van der Waals surface area contributed by atoms with Gasteiger partial charge in [0.2, 0.25) is 0 Å². The van der Waals surface area contributed by atoms with E-state index in [2.05, 4.69) is 64.7 Å². The Labute approximate surface area is 148 Å². The molecule has 4 rings (SSSR count). The van der Waals surface area contributed by atoms with Gasteiger partial charge in [0.15, 0.2) is 5.82 Å². The van der Waals surface area contributed by atoms with Crippen molar-refractivity contribution < 1.29 is 0 Å². The maximum atomic E-state index is 4.52. The highest BCUT2D eigenvalue weighted by molar-refractivity contribution is 5.92. The summed E-state index contributed by atoms with van der Waals surface area (Å²) >= 11 is 0. The first-order valence-electron chi connectivity index (χ1n) is 8.33. The Bertz CT molecular complexity index is 884. The van der Waals surface area contributed by atoms with Crippen LogP contribution < -0.4 is 4.90 Å². The lowest BCUT2D eigenvalue weighted by atomic mass is 10.00. The number of halogens is 1. The van der Waals surface area contributed by atoms with Gasteiger partial charge in [-0.2, -0.15) is 5.10 Å². The molecule has 0 unspecified atom stereocenters. The largest absolute Gasteiger partial charge is 0.349 e. The zero-order valence-electron chi connectivity index (χ0n) is 14.4. The van der Waals surface area contributed by atoms with Crippen molar-refractivity contribution in [3.63, 3.8) is 0 Å². The minimum absolute atomic E-state index is 0. The van der Waals surface area contributed by atoms with Crippen LogP contribution in [0.2, 0.25) is 0 Å². The van der Waals surface area contributed by atoms with Crippen molar-refractivity contribution in [2.24, 2.45) is 0 Å². The van der Waals surface area contributed by atoms with E-state index < -0.39 is 0 Å². The molecule has 3 aromatic rings. The fraction of sp³-hybridized carbons (Fsp3) is 0.368. The quantitative estimate of drug-likeness (QED) is 0.704. The molecule has 0 aliphatic carbocycles. The van der Waals surface area contributed by atoms with Crippen molar-refractivity contribution in [2.75, 3.05) is 11.4 Å². The van der Waals surface area contributed by atoms with Crippen molar-refractivity contribution in [1.29, 1.82) is 0 Å². The standard InChI is InChI=1S/C19H22N4.ClH/c1-4-23-14(3)13(2)17-11-20-21-19(18(17)23)22-10-9-15-7-5-6-8-16(15)12-22;/h5-8,11H,4,9-10,12H2,1-3H3;1H. The minimum atomic E-state index is 0. The molecule has 0 saturated carbocycles. The third kappa shape index (κ3) is 2.46. The van der Waals surface area contributed by atoms with Crippen LogP contribution in [0.4, 0.5) is 5.82 Å². The third-order valence-corrected chi connectivity index (χ3v) is 5.17. The average Bonchev–Trinajstić information content (AvgIpc) is 2.85. The van der Waals surface area contributed by atoms with Gasteiger partial charge in [0.1, 0.15) is 0 Å². The molecule has 3 heterocycles. The van der Waals surface area contributed by atoms with E-state index in [9.17, 15) is 0 Å². The summed E-state index contributed by atoms with van der Waals surface area (Å²) in [4.78, 5) is 2.38. The van der Waals surface area contributed by atoms with Crippen LogP contribution in [0.25, 0.3) is 10.9 Å². The molecule has 0 radical (unpaired) electrons. The number of hydrogen-bond acceptors (Lipinski definition) is 3. The molecule has 2 aromatic heterocycles. The molecule has 0 spiro atoms. The Hall–Kier alpha value is -2.07. The van der Waals surface area contributed by atoms with Gasteiger partial charge in [-0.15, -0.1) is 17.5 Å². The minimum Gasteiger partial charge on any atom is -0.349 e. The summed E-state index contributed by atoms with van der Waals surface area (Å²) in [7, 11) is 0. The number of nitrogens with zero attached hydrogens (tertiary/aromatic N) is 4. The van der Waals surface area contributed by atoms with Gasteiger partial charge in [0, 0.05) is 30.7 Å². The number of anilines is 1. The predicted molar refractivity (Wildman–Crippen MR) is 101 cm³/mol. The molecule has 1 aliphatic heterocycles. The average molecular weight is 343 g/mol. The fourth-order valence-electron chi connectivity index (χ4n) is 3.76. The number of fused-ring (bicyclic) bond motifs is 2. The van der Waals surface area contributed by atoms with E-state index in [-0.39, 0.29) is 12.4 Å². The summed E-state index contributed by atoms with van der Waals surface area (Å²) in [6, 6.07) is 8.72. The lowest BCUT2D eigenvalue weighted by molar-refractivity contribution is 0.706. The molecule has 1 aromatic carbocycles. The first-order valence-corrected chi connectivity index (χ1v) is 8.33. The normalized spacial score (nSPS) is 13.7. The van der Waals surface area contributed by atoms with E-state index in [1.54, 1.807) is 0 Å². The summed E-state index contributed by atoms with van der Waals surface area (Å²) in [6.45, 7) is 9.44. The molecule has 1 aliphatic rings. The van der Waals surface area contributed by atoms with E-state index in [0.29, 0.717) is 0 Å². The van der Waals surface area contributed by atoms with Crippen molar-refractivity contribution in [3.8, 4) is 0 Å². The summed E-state index contributed by atoms with van der Waals surface area (Å²) in [6.07, 6.45) is 2.98. The van der Waals surface area contributed by atoms with Gasteiger partial charge in [-0.1, -0.05) is 24.3 Å². The van der Waals surface area contributed by atoms with Gasteiger partial charge >= 0.3 is 0 Å². The highest BCUT2D eigenvalue weighted by Gasteiger charge is 2.22. The van der Waals surface area contributed by atoms with E-state index >= 15 is 0 Å². The van der Waals surface area contributed by atoms with E-state index in [4.69, 9.17) is 0 Å².